The number of likely N-dealkylation sites (tertiary alicyclic amines) is 1. The number of carbonyl (C=O) groups is 1. The zero-order valence-corrected chi connectivity index (χ0v) is 18.1. The maximum absolute atomic E-state index is 13.1. The molecule has 2 amide bonds. The topological polar surface area (TPSA) is 63.1 Å². The number of benzene rings is 1. The molecular formula is C22H30ClN5O. The van der Waals surface area contributed by atoms with Crippen LogP contribution in [0.3, 0.4) is 0 Å². The second kappa shape index (κ2) is 8.34. The van der Waals surface area contributed by atoms with Gasteiger partial charge in [-0.25, -0.2) is 4.79 Å². The Bertz CT molecular complexity index is 874. The Morgan fingerprint density at radius 1 is 1.31 bits per heavy atom. The molecule has 1 spiro atoms. The van der Waals surface area contributed by atoms with E-state index in [1.807, 2.05) is 36.4 Å². The fourth-order valence-corrected chi connectivity index (χ4v) is 5.39. The highest BCUT2D eigenvalue weighted by atomic mass is 35.5. The molecule has 1 saturated carbocycles. The van der Waals surface area contributed by atoms with Crippen LogP contribution in [0.1, 0.15) is 62.8 Å². The lowest BCUT2D eigenvalue weighted by Gasteiger charge is -2.37. The lowest BCUT2D eigenvalue weighted by atomic mass is 9.67. The van der Waals surface area contributed by atoms with E-state index in [4.69, 9.17) is 11.6 Å². The van der Waals surface area contributed by atoms with Crippen molar-refractivity contribution in [3.63, 3.8) is 0 Å². The fraction of sp³-hybridized carbons (Fsp3) is 0.591. The van der Waals surface area contributed by atoms with E-state index in [2.05, 4.69) is 27.0 Å². The molecule has 1 aliphatic carbocycles. The Labute approximate surface area is 177 Å². The lowest BCUT2D eigenvalue weighted by molar-refractivity contribution is 0.167. The van der Waals surface area contributed by atoms with Crippen molar-refractivity contribution in [1.29, 1.82) is 0 Å². The Morgan fingerprint density at radius 2 is 2.10 bits per heavy atom. The van der Waals surface area contributed by atoms with E-state index in [0.717, 1.165) is 43.7 Å². The van der Waals surface area contributed by atoms with E-state index < -0.39 is 0 Å². The SMILES string of the molecule is CCCn1cnnc1C1CN(C(=O)Nc2ccc(C)cc2Cl)CC12CCCCC2. The summed E-state index contributed by atoms with van der Waals surface area (Å²) in [5, 5.41) is 12.3. The molecule has 1 unspecified atom stereocenters. The van der Waals surface area contributed by atoms with Crippen LogP contribution in [0.25, 0.3) is 0 Å². The van der Waals surface area contributed by atoms with E-state index in [9.17, 15) is 4.79 Å². The van der Waals surface area contributed by atoms with Gasteiger partial charge in [0.15, 0.2) is 0 Å². The first-order chi connectivity index (χ1) is 14.0. The molecule has 1 atom stereocenters. The lowest BCUT2D eigenvalue weighted by Crippen LogP contribution is -2.36. The number of nitrogens with one attached hydrogen (secondary N) is 1. The Hall–Kier alpha value is -2.08. The molecular weight excluding hydrogens is 386 g/mol. The van der Waals surface area contributed by atoms with Gasteiger partial charge >= 0.3 is 6.03 Å². The average Bonchev–Trinajstić information content (AvgIpc) is 3.29. The average molecular weight is 416 g/mol. The normalized spacial score (nSPS) is 20.9. The summed E-state index contributed by atoms with van der Waals surface area (Å²) < 4.78 is 2.18. The van der Waals surface area contributed by atoms with Crippen LogP contribution < -0.4 is 5.32 Å². The molecule has 2 fully saturated rings. The summed E-state index contributed by atoms with van der Waals surface area (Å²) in [5.41, 5.74) is 1.84. The number of urea groups is 1. The fourth-order valence-electron chi connectivity index (χ4n) is 5.10. The number of aryl methyl sites for hydroxylation is 2. The van der Waals surface area contributed by atoms with Crippen molar-refractivity contribution in [2.24, 2.45) is 5.41 Å². The molecule has 2 aromatic rings. The Morgan fingerprint density at radius 3 is 2.83 bits per heavy atom. The summed E-state index contributed by atoms with van der Waals surface area (Å²) in [5.74, 6) is 1.27. The van der Waals surface area contributed by atoms with Crippen LogP contribution in [0.5, 0.6) is 0 Å². The van der Waals surface area contributed by atoms with Crippen LogP contribution in [-0.4, -0.2) is 38.8 Å². The van der Waals surface area contributed by atoms with Crippen molar-refractivity contribution in [2.75, 3.05) is 18.4 Å². The maximum atomic E-state index is 13.1. The zero-order valence-electron chi connectivity index (χ0n) is 17.3. The third-order valence-corrected chi connectivity index (χ3v) is 6.89. The van der Waals surface area contributed by atoms with Gasteiger partial charge < -0.3 is 14.8 Å². The molecule has 4 rings (SSSR count). The molecule has 1 aromatic carbocycles. The van der Waals surface area contributed by atoms with Crippen molar-refractivity contribution < 1.29 is 4.79 Å². The zero-order chi connectivity index (χ0) is 20.4. The summed E-state index contributed by atoms with van der Waals surface area (Å²) in [4.78, 5) is 15.1. The van der Waals surface area contributed by atoms with Gasteiger partial charge in [0, 0.05) is 25.6 Å². The first-order valence-corrected chi connectivity index (χ1v) is 11.1. The minimum atomic E-state index is -0.0789. The number of hydrogen-bond acceptors (Lipinski definition) is 3. The van der Waals surface area contributed by atoms with Gasteiger partial charge in [-0.05, 0) is 49.3 Å². The number of anilines is 1. The van der Waals surface area contributed by atoms with Crippen LogP contribution in [0, 0.1) is 12.3 Å². The van der Waals surface area contributed by atoms with E-state index >= 15 is 0 Å². The van der Waals surface area contributed by atoms with Crippen molar-refractivity contribution >= 4 is 23.3 Å². The molecule has 2 heterocycles. The van der Waals surface area contributed by atoms with Crippen molar-refractivity contribution in [3.05, 3.63) is 40.9 Å². The molecule has 6 nitrogen and oxygen atoms in total. The molecule has 29 heavy (non-hydrogen) atoms. The summed E-state index contributed by atoms with van der Waals surface area (Å²) >= 11 is 6.33. The standard InChI is InChI=1S/C22H30ClN5O/c1-3-11-27-15-24-26-20(27)17-13-28(14-22(17)9-5-4-6-10-22)21(29)25-19-8-7-16(2)12-18(19)23/h7-8,12,15,17H,3-6,9-11,13-14H2,1-2H3,(H,25,29). The van der Waals surface area contributed by atoms with Crippen LogP contribution >= 0.6 is 11.6 Å². The number of amides is 2. The number of nitrogens with zero attached hydrogens (tertiary/aromatic N) is 4. The second-order valence-corrected chi connectivity index (χ2v) is 9.06. The quantitative estimate of drug-likeness (QED) is 0.743. The highest BCUT2D eigenvalue weighted by Gasteiger charge is 2.50. The minimum absolute atomic E-state index is 0.0789. The highest BCUT2D eigenvalue weighted by molar-refractivity contribution is 6.33. The summed E-state index contributed by atoms with van der Waals surface area (Å²) in [6.07, 6.45) is 8.89. The van der Waals surface area contributed by atoms with Gasteiger partial charge in [-0.15, -0.1) is 10.2 Å². The molecule has 1 N–H and O–H groups in total. The maximum Gasteiger partial charge on any atom is 0.321 e. The third kappa shape index (κ3) is 4.00. The summed E-state index contributed by atoms with van der Waals surface area (Å²) in [6, 6.07) is 5.63. The molecule has 0 radical (unpaired) electrons. The number of carbonyl (C=O) groups excluding carboxylic acids is 1. The smallest absolute Gasteiger partial charge is 0.321 e. The summed E-state index contributed by atoms with van der Waals surface area (Å²) in [6.45, 7) is 6.52. The predicted octanol–water partition coefficient (Wildman–Crippen LogP) is 5.23. The van der Waals surface area contributed by atoms with Gasteiger partial charge in [-0.2, -0.15) is 0 Å². The third-order valence-electron chi connectivity index (χ3n) is 6.57. The van der Waals surface area contributed by atoms with Crippen molar-refractivity contribution in [1.82, 2.24) is 19.7 Å². The van der Waals surface area contributed by atoms with Gasteiger partial charge in [0.25, 0.3) is 0 Å². The number of rotatable bonds is 4. The van der Waals surface area contributed by atoms with Gasteiger partial charge in [0.1, 0.15) is 12.2 Å². The number of hydrogen-bond donors (Lipinski definition) is 1. The van der Waals surface area contributed by atoms with Crippen molar-refractivity contribution in [2.45, 2.75) is 64.8 Å². The second-order valence-electron chi connectivity index (χ2n) is 8.65. The molecule has 7 heteroatoms. The van der Waals surface area contributed by atoms with Gasteiger partial charge in [-0.1, -0.05) is 43.9 Å². The van der Waals surface area contributed by atoms with Gasteiger partial charge in [0.05, 0.1) is 10.7 Å². The molecule has 2 aliphatic rings. The molecule has 1 aliphatic heterocycles. The van der Waals surface area contributed by atoms with Crippen LogP contribution in [-0.2, 0) is 6.54 Å². The molecule has 0 bridgehead atoms. The van der Waals surface area contributed by atoms with Crippen LogP contribution in [0.4, 0.5) is 10.5 Å². The van der Waals surface area contributed by atoms with E-state index in [1.165, 1.54) is 19.3 Å². The molecule has 1 aromatic heterocycles. The highest BCUT2D eigenvalue weighted by Crippen LogP contribution is 2.51. The first-order valence-electron chi connectivity index (χ1n) is 10.7. The first kappa shape index (κ1) is 20.2. The van der Waals surface area contributed by atoms with Crippen LogP contribution in [0.2, 0.25) is 5.02 Å². The van der Waals surface area contributed by atoms with E-state index in [0.29, 0.717) is 17.3 Å². The number of aromatic nitrogens is 3. The monoisotopic (exact) mass is 415 g/mol. The van der Waals surface area contributed by atoms with Gasteiger partial charge in [-0.3, -0.25) is 0 Å². The van der Waals surface area contributed by atoms with Crippen LogP contribution in [0.15, 0.2) is 24.5 Å². The predicted molar refractivity (Wildman–Crippen MR) is 115 cm³/mol. The summed E-state index contributed by atoms with van der Waals surface area (Å²) in [7, 11) is 0. The Kier molecular flexibility index (Phi) is 5.81. The minimum Gasteiger partial charge on any atom is -0.323 e. The van der Waals surface area contributed by atoms with Gasteiger partial charge in [0.2, 0.25) is 0 Å². The largest absolute Gasteiger partial charge is 0.323 e. The number of halogens is 1. The van der Waals surface area contributed by atoms with E-state index in [1.54, 1.807) is 0 Å². The molecule has 156 valence electrons. The molecule has 1 saturated heterocycles. The van der Waals surface area contributed by atoms with E-state index in [-0.39, 0.29) is 17.4 Å². The van der Waals surface area contributed by atoms with Crippen molar-refractivity contribution in [3.8, 4) is 0 Å². The Balaban J connectivity index is 1.58.